The van der Waals surface area contributed by atoms with E-state index in [0.717, 1.165) is 11.3 Å². The van der Waals surface area contributed by atoms with Gasteiger partial charge in [-0.2, -0.15) is 0 Å². The molecule has 0 aliphatic rings. The summed E-state index contributed by atoms with van der Waals surface area (Å²) < 4.78 is 15.2. The van der Waals surface area contributed by atoms with Crippen molar-refractivity contribution in [3.63, 3.8) is 0 Å². The summed E-state index contributed by atoms with van der Waals surface area (Å²) in [5.41, 5.74) is 0.836. The molecule has 0 radical (unpaired) electrons. The monoisotopic (exact) mass is 321 g/mol. The van der Waals surface area contributed by atoms with Gasteiger partial charge in [-0.15, -0.1) is 0 Å². The molecule has 6 nitrogen and oxygen atoms in total. The van der Waals surface area contributed by atoms with E-state index in [4.69, 9.17) is 14.2 Å². The average molecular weight is 321 g/mol. The van der Waals surface area contributed by atoms with E-state index < -0.39 is 12.1 Å². The maximum Gasteiger partial charge on any atom is 0.331 e. The number of ether oxygens (including phenoxy) is 3. The Hall–Kier alpha value is -2.34. The van der Waals surface area contributed by atoms with Gasteiger partial charge in [-0.3, -0.25) is 4.79 Å². The minimum atomic E-state index is -0.857. The number of carbonyl (C=O) groups excluding carboxylic acids is 2. The largest absolute Gasteiger partial charge is 0.494 e. The van der Waals surface area contributed by atoms with Gasteiger partial charge in [-0.1, -0.05) is 12.1 Å². The summed E-state index contributed by atoms with van der Waals surface area (Å²) in [6, 6.07) is 7.30. The van der Waals surface area contributed by atoms with Crippen LogP contribution in [0.5, 0.6) is 5.75 Å². The number of nitrogens with one attached hydrogen (secondary N) is 1. The summed E-state index contributed by atoms with van der Waals surface area (Å²) >= 11 is 0. The molecule has 1 N–H and O–H groups in total. The zero-order valence-corrected chi connectivity index (χ0v) is 13.7. The van der Waals surface area contributed by atoms with Crippen LogP contribution < -0.4 is 10.1 Å². The number of carbonyl (C=O) groups is 2. The Bertz CT molecular complexity index is 524. The number of hydrogen-bond donors (Lipinski definition) is 1. The van der Waals surface area contributed by atoms with Crippen molar-refractivity contribution in [3.05, 3.63) is 35.9 Å². The van der Waals surface area contributed by atoms with Crippen LogP contribution in [-0.2, 0) is 19.1 Å². The van der Waals surface area contributed by atoms with E-state index in [-0.39, 0.29) is 5.91 Å². The van der Waals surface area contributed by atoms with E-state index in [0.29, 0.717) is 19.8 Å². The van der Waals surface area contributed by atoms with Crippen LogP contribution in [0.2, 0.25) is 0 Å². The van der Waals surface area contributed by atoms with Gasteiger partial charge in [0.05, 0.1) is 13.2 Å². The Morgan fingerprint density at radius 2 is 1.96 bits per heavy atom. The molecule has 0 spiro atoms. The maximum atomic E-state index is 11.7. The normalized spacial score (nSPS) is 12.0. The van der Waals surface area contributed by atoms with Gasteiger partial charge in [-0.25, -0.2) is 4.79 Å². The molecule has 1 atom stereocenters. The lowest BCUT2D eigenvalue weighted by Crippen LogP contribution is -2.37. The lowest BCUT2D eigenvalue weighted by molar-refractivity contribution is -0.150. The second kappa shape index (κ2) is 10.4. The molecule has 0 aliphatic heterocycles. The Balaban J connectivity index is 2.43. The molecule has 0 aromatic heterocycles. The Morgan fingerprint density at radius 3 is 2.57 bits per heavy atom. The molecule has 126 valence electrons. The van der Waals surface area contributed by atoms with Crippen LogP contribution in [0.4, 0.5) is 0 Å². The van der Waals surface area contributed by atoms with Crippen LogP contribution in [0.3, 0.4) is 0 Å². The minimum Gasteiger partial charge on any atom is -0.494 e. The highest BCUT2D eigenvalue weighted by molar-refractivity contribution is 5.90. The molecular weight excluding hydrogens is 298 g/mol. The van der Waals surface area contributed by atoms with Crippen LogP contribution >= 0.6 is 0 Å². The van der Waals surface area contributed by atoms with Gasteiger partial charge in [0.1, 0.15) is 5.75 Å². The minimum absolute atomic E-state index is 0.357. The van der Waals surface area contributed by atoms with E-state index in [1.165, 1.54) is 13.0 Å². The van der Waals surface area contributed by atoms with Crippen molar-refractivity contribution in [2.75, 3.05) is 26.9 Å². The first-order chi connectivity index (χ1) is 11.1. The van der Waals surface area contributed by atoms with E-state index >= 15 is 0 Å². The molecule has 0 saturated carbocycles. The van der Waals surface area contributed by atoms with E-state index in [2.05, 4.69) is 5.32 Å². The SMILES string of the molecule is CCOc1ccc(/C=C/C(=O)O[C@H](C)C(=O)NCCOC)cc1. The van der Waals surface area contributed by atoms with E-state index in [1.54, 1.807) is 13.2 Å². The summed E-state index contributed by atoms with van der Waals surface area (Å²) in [6.07, 6.45) is 2.05. The Kier molecular flexibility index (Phi) is 8.46. The second-order valence-electron chi connectivity index (χ2n) is 4.70. The fraction of sp³-hybridized carbons (Fsp3) is 0.412. The second-order valence-corrected chi connectivity index (χ2v) is 4.70. The van der Waals surface area contributed by atoms with Gasteiger partial charge in [0, 0.05) is 19.7 Å². The van der Waals surface area contributed by atoms with Crippen LogP contribution in [0.1, 0.15) is 19.4 Å². The van der Waals surface area contributed by atoms with Crippen molar-refractivity contribution in [2.24, 2.45) is 0 Å². The third-order valence-electron chi connectivity index (χ3n) is 2.87. The van der Waals surface area contributed by atoms with Crippen molar-refractivity contribution in [3.8, 4) is 5.75 Å². The molecule has 6 heteroatoms. The summed E-state index contributed by atoms with van der Waals surface area (Å²) in [6.45, 7) is 4.82. The topological polar surface area (TPSA) is 73.9 Å². The highest BCUT2D eigenvalue weighted by Gasteiger charge is 2.15. The zero-order valence-electron chi connectivity index (χ0n) is 13.7. The van der Waals surface area contributed by atoms with Crippen molar-refractivity contribution in [1.29, 1.82) is 0 Å². The molecule has 0 aliphatic carbocycles. The van der Waals surface area contributed by atoms with Crippen LogP contribution in [-0.4, -0.2) is 44.8 Å². The average Bonchev–Trinajstić information content (AvgIpc) is 2.54. The highest BCUT2D eigenvalue weighted by Crippen LogP contribution is 2.13. The molecule has 0 unspecified atom stereocenters. The highest BCUT2D eigenvalue weighted by atomic mass is 16.5. The molecule has 1 aromatic rings. The first kappa shape index (κ1) is 18.7. The van der Waals surface area contributed by atoms with E-state index in [1.807, 2.05) is 31.2 Å². The lowest BCUT2D eigenvalue weighted by atomic mass is 10.2. The van der Waals surface area contributed by atoms with Gasteiger partial charge >= 0.3 is 5.97 Å². The summed E-state index contributed by atoms with van der Waals surface area (Å²) in [5, 5.41) is 2.60. The van der Waals surface area contributed by atoms with Crippen LogP contribution in [0.25, 0.3) is 6.08 Å². The standard InChI is InChI=1S/C17H23NO5/c1-4-22-15-8-5-14(6-9-15)7-10-16(19)23-13(2)17(20)18-11-12-21-3/h5-10,13H,4,11-12H2,1-3H3,(H,18,20)/b10-7+/t13-/m1/s1. The summed E-state index contributed by atoms with van der Waals surface area (Å²) in [4.78, 5) is 23.3. The quantitative estimate of drug-likeness (QED) is 0.426. The lowest BCUT2D eigenvalue weighted by Gasteiger charge is -2.11. The van der Waals surface area contributed by atoms with Gasteiger partial charge in [0.25, 0.3) is 5.91 Å². The molecule has 1 rings (SSSR count). The molecule has 23 heavy (non-hydrogen) atoms. The molecule has 0 saturated heterocycles. The molecule has 0 fully saturated rings. The van der Waals surface area contributed by atoms with Crippen molar-refractivity contribution in [1.82, 2.24) is 5.32 Å². The van der Waals surface area contributed by atoms with Gasteiger partial charge in [0.15, 0.2) is 6.10 Å². The molecule has 0 bridgehead atoms. The predicted molar refractivity (Wildman–Crippen MR) is 87.1 cm³/mol. The first-order valence-electron chi connectivity index (χ1n) is 7.45. The maximum absolute atomic E-state index is 11.7. The van der Waals surface area contributed by atoms with Crippen molar-refractivity contribution >= 4 is 18.0 Å². The van der Waals surface area contributed by atoms with Gasteiger partial charge in [-0.05, 0) is 37.6 Å². The number of benzene rings is 1. The Morgan fingerprint density at radius 1 is 1.26 bits per heavy atom. The fourth-order valence-corrected chi connectivity index (χ4v) is 1.69. The molecule has 1 amide bonds. The van der Waals surface area contributed by atoms with Crippen molar-refractivity contribution in [2.45, 2.75) is 20.0 Å². The summed E-state index contributed by atoms with van der Waals surface area (Å²) in [5.74, 6) is -0.160. The number of amides is 1. The number of rotatable bonds is 9. The predicted octanol–water partition coefficient (Wildman–Crippen LogP) is 1.79. The van der Waals surface area contributed by atoms with Gasteiger partial charge < -0.3 is 19.5 Å². The third kappa shape index (κ3) is 7.46. The van der Waals surface area contributed by atoms with Gasteiger partial charge in [0.2, 0.25) is 0 Å². The number of esters is 1. The zero-order chi connectivity index (χ0) is 17.1. The fourth-order valence-electron chi connectivity index (χ4n) is 1.69. The smallest absolute Gasteiger partial charge is 0.331 e. The van der Waals surface area contributed by atoms with Crippen LogP contribution in [0.15, 0.2) is 30.3 Å². The number of hydrogen-bond acceptors (Lipinski definition) is 5. The number of methoxy groups -OCH3 is 1. The first-order valence-corrected chi connectivity index (χ1v) is 7.45. The third-order valence-corrected chi connectivity index (χ3v) is 2.87. The van der Waals surface area contributed by atoms with Crippen molar-refractivity contribution < 1.29 is 23.8 Å². The van der Waals surface area contributed by atoms with Crippen LogP contribution in [0, 0.1) is 0 Å². The molecule has 1 aromatic carbocycles. The molecule has 0 heterocycles. The van der Waals surface area contributed by atoms with E-state index in [9.17, 15) is 9.59 Å². The Labute approximate surface area is 136 Å². The summed E-state index contributed by atoms with van der Waals surface area (Å²) in [7, 11) is 1.54. The molecular formula is C17H23NO5.